The summed E-state index contributed by atoms with van der Waals surface area (Å²) in [6, 6.07) is 0. The van der Waals surface area contributed by atoms with Crippen molar-refractivity contribution in [2.24, 2.45) is 11.8 Å². The largest absolute Gasteiger partial charge is 0.444 e. The number of ether oxygens (including phenoxy) is 1. The molecule has 1 fully saturated rings. The van der Waals surface area contributed by atoms with Gasteiger partial charge in [0.15, 0.2) is 0 Å². The molecule has 0 aromatic rings. The first-order valence-electron chi connectivity index (χ1n) is 5.76. The van der Waals surface area contributed by atoms with Gasteiger partial charge in [0.2, 0.25) is 0 Å². The lowest BCUT2D eigenvalue weighted by molar-refractivity contribution is 0.0120. The summed E-state index contributed by atoms with van der Waals surface area (Å²) < 4.78 is 5.36. The average molecular weight is 213 g/mol. The van der Waals surface area contributed by atoms with Crippen molar-refractivity contribution >= 4 is 6.09 Å². The van der Waals surface area contributed by atoms with E-state index in [9.17, 15) is 4.79 Å². The van der Waals surface area contributed by atoms with Gasteiger partial charge in [-0.2, -0.15) is 0 Å². The van der Waals surface area contributed by atoms with Gasteiger partial charge in [-0.25, -0.2) is 4.79 Å². The van der Waals surface area contributed by atoms with Crippen LogP contribution in [0.1, 0.15) is 41.0 Å². The topological polar surface area (TPSA) is 29.5 Å². The van der Waals surface area contributed by atoms with Gasteiger partial charge in [-0.15, -0.1) is 0 Å². The minimum absolute atomic E-state index is 0.166. The zero-order chi connectivity index (χ0) is 11.6. The van der Waals surface area contributed by atoms with Crippen molar-refractivity contribution in [3.63, 3.8) is 0 Å². The minimum Gasteiger partial charge on any atom is -0.444 e. The zero-order valence-corrected chi connectivity index (χ0v) is 10.5. The van der Waals surface area contributed by atoms with Crippen molar-refractivity contribution in [2.75, 3.05) is 13.1 Å². The van der Waals surface area contributed by atoms with E-state index in [0.717, 1.165) is 13.1 Å². The van der Waals surface area contributed by atoms with Crippen molar-refractivity contribution in [1.29, 1.82) is 0 Å². The van der Waals surface area contributed by atoms with Gasteiger partial charge in [0.05, 0.1) is 0 Å². The van der Waals surface area contributed by atoms with Crippen LogP contribution in [0, 0.1) is 11.8 Å². The monoisotopic (exact) mass is 213 g/mol. The van der Waals surface area contributed by atoms with E-state index < -0.39 is 0 Å². The van der Waals surface area contributed by atoms with Crippen LogP contribution < -0.4 is 0 Å². The van der Waals surface area contributed by atoms with E-state index in [1.165, 1.54) is 6.42 Å². The molecule has 1 unspecified atom stereocenters. The van der Waals surface area contributed by atoms with E-state index in [-0.39, 0.29) is 11.7 Å². The summed E-state index contributed by atoms with van der Waals surface area (Å²) in [6.45, 7) is 11.8. The summed E-state index contributed by atoms with van der Waals surface area (Å²) in [5.74, 6) is 1.17. The molecule has 3 nitrogen and oxygen atoms in total. The lowest BCUT2D eigenvalue weighted by Crippen LogP contribution is -2.44. The first kappa shape index (κ1) is 12.3. The summed E-state index contributed by atoms with van der Waals surface area (Å²) in [4.78, 5) is 13.6. The highest BCUT2D eigenvalue weighted by atomic mass is 16.6. The molecule has 1 saturated heterocycles. The first-order valence-corrected chi connectivity index (χ1v) is 5.76. The summed E-state index contributed by atoms with van der Waals surface area (Å²) >= 11 is 0. The van der Waals surface area contributed by atoms with Crippen molar-refractivity contribution in [3.8, 4) is 0 Å². The molecule has 0 aliphatic carbocycles. The third kappa shape index (κ3) is 4.10. The van der Waals surface area contributed by atoms with Gasteiger partial charge >= 0.3 is 6.09 Å². The van der Waals surface area contributed by atoms with Gasteiger partial charge in [-0.1, -0.05) is 13.8 Å². The molecule has 1 aliphatic heterocycles. The third-order valence-corrected chi connectivity index (χ3v) is 2.52. The van der Waals surface area contributed by atoms with Crippen LogP contribution in [0.2, 0.25) is 0 Å². The molecule has 15 heavy (non-hydrogen) atoms. The second-order valence-corrected chi connectivity index (χ2v) is 5.83. The fourth-order valence-corrected chi connectivity index (χ4v) is 2.14. The Hall–Kier alpha value is -0.730. The maximum atomic E-state index is 11.8. The van der Waals surface area contributed by atoms with Gasteiger partial charge < -0.3 is 9.64 Å². The molecule has 88 valence electrons. The first-order chi connectivity index (χ1) is 6.78. The van der Waals surface area contributed by atoms with E-state index in [1.54, 1.807) is 0 Å². The van der Waals surface area contributed by atoms with E-state index in [4.69, 9.17) is 4.74 Å². The van der Waals surface area contributed by atoms with Crippen LogP contribution >= 0.6 is 0 Å². The van der Waals surface area contributed by atoms with Crippen LogP contribution in [0.4, 0.5) is 4.79 Å². The summed E-state index contributed by atoms with van der Waals surface area (Å²) in [5, 5.41) is 0. The normalized spacial score (nSPS) is 27.7. The number of carbonyl (C=O) groups excluding carboxylic acids is 1. The van der Waals surface area contributed by atoms with E-state index in [0.29, 0.717) is 11.8 Å². The predicted molar refractivity (Wildman–Crippen MR) is 60.8 cm³/mol. The molecule has 1 heterocycles. The number of rotatable bonds is 0. The van der Waals surface area contributed by atoms with Gasteiger partial charge in [-0.3, -0.25) is 0 Å². The SMILES string of the molecule is CC1C[C@H](C)CN(C(=O)OC(C)(C)C)C1. The van der Waals surface area contributed by atoms with Crippen molar-refractivity contribution in [1.82, 2.24) is 4.90 Å². The molecular formula is C12H23NO2. The fraction of sp³-hybridized carbons (Fsp3) is 0.917. The quantitative estimate of drug-likeness (QED) is 0.619. The van der Waals surface area contributed by atoms with E-state index >= 15 is 0 Å². The van der Waals surface area contributed by atoms with Gasteiger partial charge in [-0.05, 0) is 39.0 Å². The van der Waals surface area contributed by atoms with Crippen molar-refractivity contribution in [2.45, 2.75) is 46.6 Å². The fourth-order valence-electron chi connectivity index (χ4n) is 2.14. The summed E-state index contributed by atoms with van der Waals surface area (Å²) in [6.07, 6.45) is 1.04. The maximum Gasteiger partial charge on any atom is 0.410 e. The van der Waals surface area contributed by atoms with Crippen LogP contribution in [0.15, 0.2) is 0 Å². The number of carbonyl (C=O) groups is 1. The average Bonchev–Trinajstić information content (AvgIpc) is 1.98. The highest BCUT2D eigenvalue weighted by molar-refractivity contribution is 5.68. The number of likely N-dealkylation sites (tertiary alicyclic amines) is 1. The number of amides is 1. The number of hydrogen-bond acceptors (Lipinski definition) is 2. The Morgan fingerprint density at radius 3 is 2.07 bits per heavy atom. The maximum absolute atomic E-state index is 11.8. The second-order valence-electron chi connectivity index (χ2n) is 5.83. The minimum atomic E-state index is -0.388. The smallest absolute Gasteiger partial charge is 0.410 e. The highest BCUT2D eigenvalue weighted by Gasteiger charge is 2.28. The predicted octanol–water partition coefficient (Wildman–Crippen LogP) is 2.90. The molecule has 1 rings (SSSR count). The van der Waals surface area contributed by atoms with Crippen molar-refractivity contribution in [3.05, 3.63) is 0 Å². The number of nitrogens with zero attached hydrogens (tertiary/aromatic N) is 1. The van der Waals surface area contributed by atoms with Crippen LogP contribution in [0.25, 0.3) is 0 Å². The molecule has 0 bridgehead atoms. The van der Waals surface area contributed by atoms with Gasteiger partial charge in [0.1, 0.15) is 5.60 Å². The van der Waals surface area contributed by atoms with Gasteiger partial charge in [0.25, 0.3) is 0 Å². The molecule has 0 spiro atoms. The Morgan fingerprint density at radius 2 is 1.67 bits per heavy atom. The van der Waals surface area contributed by atoms with Crippen LogP contribution in [0.3, 0.4) is 0 Å². The molecule has 1 aliphatic rings. The van der Waals surface area contributed by atoms with Crippen LogP contribution in [0.5, 0.6) is 0 Å². The molecular weight excluding hydrogens is 190 g/mol. The molecule has 1 amide bonds. The van der Waals surface area contributed by atoms with E-state index in [2.05, 4.69) is 13.8 Å². The van der Waals surface area contributed by atoms with Crippen LogP contribution in [-0.2, 0) is 4.74 Å². The number of hydrogen-bond donors (Lipinski definition) is 0. The summed E-state index contributed by atoms with van der Waals surface area (Å²) in [5.41, 5.74) is -0.388. The third-order valence-electron chi connectivity index (χ3n) is 2.52. The Labute approximate surface area is 92.8 Å². The highest BCUT2D eigenvalue weighted by Crippen LogP contribution is 2.22. The Bertz CT molecular complexity index is 222. The van der Waals surface area contributed by atoms with Crippen molar-refractivity contribution < 1.29 is 9.53 Å². The van der Waals surface area contributed by atoms with Crippen LogP contribution in [-0.4, -0.2) is 29.7 Å². The van der Waals surface area contributed by atoms with E-state index in [1.807, 2.05) is 25.7 Å². The molecule has 2 atom stereocenters. The Morgan fingerprint density at radius 1 is 1.20 bits per heavy atom. The molecule has 0 N–H and O–H groups in total. The lowest BCUT2D eigenvalue weighted by atomic mass is 9.92. The summed E-state index contributed by atoms with van der Waals surface area (Å²) in [7, 11) is 0. The molecule has 0 aromatic carbocycles. The van der Waals surface area contributed by atoms with Gasteiger partial charge in [0, 0.05) is 13.1 Å². The zero-order valence-electron chi connectivity index (χ0n) is 10.5. The molecule has 3 heteroatoms. The Balaban J connectivity index is 2.52. The molecule has 0 aromatic heterocycles. The molecule has 0 saturated carbocycles. The standard InChI is InChI=1S/C12H23NO2/c1-9-6-10(2)8-13(7-9)11(14)15-12(3,4)5/h9-10H,6-8H2,1-5H3/t9-,10?/m0/s1. The lowest BCUT2D eigenvalue weighted by Gasteiger charge is -2.35. The Kier molecular flexibility index (Phi) is 3.63. The molecule has 0 radical (unpaired) electrons. The number of piperidine rings is 1. The second kappa shape index (κ2) is 4.42.